The van der Waals surface area contributed by atoms with E-state index in [0.29, 0.717) is 0 Å². The average Bonchev–Trinajstić information content (AvgIpc) is 4.19. The molecule has 10 aromatic carbocycles. The molecule has 0 unspecified atom stereocenters. The highest BCUT2D eigenvalue weighted by Gasteiger charge is 2.55. The second kappa shape index (κ2) is 13.7. The molecule has 4 aliphatic heterocycles. The first-order chi connectivity index (χ1) is 34.2. The van der Waals surface area contributed by atoms with Crippen LogP contribution in [0.15, 0.2) is 231 Å². The van der Waals surface area contributed by atoms with Gasteiger partial charge >= 0.3 is 0 Å². The lowest BCUT2D eigenvalue weighted by atomic mass is 9.96. The van der Waals surface area contributed by atoms with Crippen LogP contribution < -0.4 is 41.5 Å². The van der Waals surface area contributed by atoms with Gasteiger partial charge in [-0.05, 0) is 121 Å². The minimum Gasteiger partial charge on any atom is -0.228 e. The van der Waals surface area contributed by atoms with Gasteiger partial charge in [-0.3, -0.25) is 0 Å². The lowest BCUT2D eigenvalue weighted by Crippen LogP contribution is -2.70. The number of hydrogen-bond donors (Lipinski definition) is 0. The Kier molecular flexibility index (Phi) is 7.48. The Bertz CT molecular complexity index is 3980. The molecule has 0 fully saturated rings. The van der Waals surface area contributed by atoms with Crippen molar-refractivity contribution >= 4 is 57.6 Å². The molecule has 5 aliphatic rings. The zero-order valence-electron chi connectivity index (χ0n) is 37.5. The summed E-state index contributed by atoms with van der Waals surface area (Å²) in [6, 6.07) is 87.4. The van der Waals surface area contributed by atoms with Gasteiger partial charge in [-0.25, -0.2) is 9.97 Å². The maximum absolute atomic E-state index is 5.61. The van der Waals surface area contributed by atoms with Crippen LogP contribution in [-0.2, 0) is 6.42 Å². The first-order valence-corrected chi connectivity index (χ1v) is 28.2. The lowest BCUT2D eigenvalue weighted by Gasteiger charge is -2.27. The SMILES string of the molecule is c1ccc(-c2nc(-c3ccc4c(c3)-c3ccccc3[Si]43c4ccccc4-c4ccccc43)nc3c2Cc2ccc(-c4ccc5c(c4)-c4ccccc4[Si]54c5ccccc5-c5ccccc54)cc2-3)cc1. The highest BCUT2D eigenvalue weighted by Crippen LogP contribution is 2.45. The van der Waals surface area contributed by atoms with E-state index in [1.165, 1.54) is 114 Å². The Morgan fingerprint density at radius 3 is 1.09 bits per heavy atom. The van der Waals surface area contributed by atoms with Gasteiger partial charge in [0.25, 0.3) is 0 Å². The van der Waals surface area contributed by atoms with Crippen LogP contribution >= 0.6 is 0 Å². The Hall–Kier alpha value is -8.29. The Balaban J connectivity index is 0.859. The average molecular weight is 905 g/mol. The van der Waals surface area contributed by atoms with Crippen LogP contribution in [-0.4, -0.2) is 26.1 Å². The fourth-order valence-corrected chi connectivity index (χ4v) is 24.9. The molecule has 2 nitrogen and oxygen atoms in total. The molecule has 1 aromatic heterocycles. The van der Waals surface area contributed by atoms with Gasteiger partial charge in [0.05, 0.1) is 11.4 Å². The van der Waals surface area contributed by atoms with Crippen molar-refractivity contribution < 1.29 is 0 Å². The number of aromatic nitrogens is 2. The quantitative estimate of drug-likeness (QED) is 0.165. The number of nitrogens with zero attached hydrogens (tertiary/aromatic N) is 2. The number of fused-ring (bicyclic) bond motifs is 23. The lowest BCUT2D eigenvalue weighted by molar-refractivity contribution is 1.13. The second-order valence-electron chi connectivity index (χ2n) is 19.4. The van der Waals surface area contributed by atoms with Crippen LogP contribution in [0.25, 0.3) is 89.5 Å². The van der Waals surface area contributed by atoms with Crippen molar-refractivity contribution in [3.8, 4) is 89.5 Å². The maximum Gasteiger partial charge on any atom is 0.182 e. The van der Waals surface area contributed by atoms with E-state index >= 15 is 0 Å². The fraction of sp³-hybridized carbons (Fsp3) is 0.0154. The molecule has 0 saturated heterocycles. The standard InChI is InChI=1S/C65H40N2Si2/c1-2-16-40(17-3-1)63-54-38-43-31-30-41(42-32-34-61-52(37-42)49-22-8-14-28-59(49)68(61)55-24-10-4-18-45(55)46-19-5-11-25-56(46)68)36-51(43)64(54)67-65(66-63)44-33-35-62-53(39-44)50-23-9-15-29-60(50)69(62)57-26-12-6-20-47(57)48-21-7-13-27-58(48)69/h1-37,39H,38H2. The summed E-state index contributed by atoms with van der Waals surface area (Å²) < 4.78 is 0. The van der Waals surface area contributed by atoms with Crippen molar-refractivity contribution in [2.24, 2.45) is 0 Å². The zero-order chi connectivity index (χ0) is 45.0. The van der Waals surface area contributed by atoms with E-state index < -0.39 is 16.1 Å². The smallest absolute Gasteiger partial charge is 0.182 e. The summed E-state index contributed by atoms with van der Waals surface area (Å²) in [5, 5.41) is 11.9. The van der Waals surface area contributed by atoms with Gasteiger partial charge < -0.3 is 0 Å². The molecule has 0 N–H and O–H groups in total. The molecule has 0 bridgehead atoms. The van der Waals surface area contributed by atoms with Gasteiger partial charge in [0, 0.05) is 28.7 Å². The van der Waals surface area contributed by atoms with Crippen molar-refractivity contribution in [3.63, 3.8) is 0 Å². The predicted octanol–water partition coefficient (Wildman–Crippen LogP) is 9.73. The molecule has 69 heavy (non-hydrogen) atoms. The molecule has 11 aromatic rings. The van der Waals surface area contributed by atoms with E-state index in [4.69, 9.17) is 9.97 Å². The van der Waals surface area contributed by atoms with Gasteiger partial charge in [-0.2, -0.15) is 0 Å². The van der Waals surface area contributed by atoms with Crippen LogP contribution in [0.2, 0.25) is 0 Å². The summed E-state index contributed by atoms with van der Waals surface area (Å²) in [5.41, 5.74) is 21.3. The third-order valence-electron chi connectivity index (χ3n) is 16.4. The molecular weight excluding hydrogens is 865 g/mol. The number of benzene rings is 10. The first kappa shape index (κ1) is 37.8. The van der Waals surface area contributed by atoms with Gasteiger partial charge in [-0.1, -0.05) is 212 Å². The van der Waals surface area contributed by atoms with Gasteiger partial charge in [0.1, 0.15) is 0 Å². The van der Waals surface area contributed by atoms with E-state index in [-0.39, 0.29) is 0 Å². The molecule has 1 aliphatic carbocycles. The Morgan fingerprint density at radius 1 is 0.261 bits per heavy atom. The first-order valence-electron chi connectivity index (χ1n) is 24.2. The van der Waals surface area contributed by atoms with Crippen LogP contribution in [0.1, 0.15) is 11.1 Å². The molecule has 0 amide bonds. The van der Waals surface area contributed by atoms with E-state index in [9.17, 15) is 0 Å². The van der Waals surface area contributed by atoms with Crippen molar-refractivity contribution in [2.75, 3.05) is 0 Å². The Labute approximate surface area is 403 Å². The van der Waals surface area contributed by atoms with E-state index in [1.807, 2.05) is 0 Å². The second-order valence-corrected chi connectivity index (χ2v) is 26.7. The summed E-state index contributed by atoms with van der Waals surface area (Å²) in [4.78, 5) is 11.1. The van der Waals surface area contributed by atoms with E-state index in [0.717, 1.165) is 34.8 Å². The third-order valence-corrected chi connectivity index (χ3v) is 26.3. The van der Waals surface area contributed by atoms with Gasteiger partial charge in [-0.15, -0.1) is 0 Å². The largest absolute Gasteiger partial charge is 0.228 e. The van der Waals surface area contributed by atoms with Crippen molar-refractivity contribution in [1.82, 2.24) is 9.97 Å². The summed E-state index contributed by atoms with van der Waals surface area (Å²) >= 11 is 0. The van der Waals surface area contributed by atoms with Gasteiger partial charge in [0.15, 0.2) is 22.0 Å². The van der Waals surface area contributed by atoms with Crippen LogP contribution in [0, 0.1) is 0 Å². The summed E-state index contributed by atoms with van der Waals surface area (Å²) in [6.45, 7) is 0. The monoisotopic (exact) mass is 904 g/mol. The van der Waals surface area contributed by atoms with Crippen LogP contribution in [0.5, 0.6) is 0 Å². The summed E-state index contributed by atoms with van der Waals surface area (Å²) in [6.07, 6.45) is 0.796. The molecule has 2 spiro atoms. The molecular formula is C65H40N2Si2. The molecule has 0 atom stereocenters. The fourth-order valence-electron chi connectivity index (χ4n) is 13.7. The number of hydrogen-bond acceptors (Lipinski definition) is 2. The zero-order valence-corrected chi connectivity index (χ0v) is 39.5. The van der Waals surface area contributed by atoms with Crippen LogP contribution in [0.4, 0.5) is 0 Å². The number of rotatable bonds is 3. The van der Waals surface area contributed by atoms with Crippen molar-refractivity contribution in [2.45, 2.75) is 6.42 Å². The third kappa shape index (κ3) is 4.75. The molecule has 16 rings (SSSR count). The maximum atomic E-state index is 5.61. The normalized spacial score (nSPS) is 14.6. The summed E-state index contributed by atoms with van der Waals surface area (Å²) in [7, 11) is -5.05. The minimum absolute atomic E-state index is 0.766. The molecule has 5 heterocycles. The topological polar surface area (TPSA) is 25.8 Å². The highest BCUT2D eigenvalue weighted by molar-refractivity contribution is 7.25. The van der Waals surface area contributed by atoms with E-state index in [1.54, 1.807) is 0 Å². The van der Waals surface area contributed by atoms with Crippen LogP contribution in [0.3, 0.4) is 0 Å². The molecule has 318 valence electrons. The van der Waals surface area contributed by atoms with E-state index in [2.05, 4.69) is 231 Å². The minimum atomic E-state index is -2.55. The highest BCUT2D eigenvalue weighted by atomic mass is 28.3. The molecule has 0 radical (unpaired) electrons. The Morgan fingerprint density at radius 2 is 0.609 bits per heavy atom. The summed E-state index contributed by atoms with van der Waals surface area (Å²) in [5.74, 6) is 0.766. The van der Waals surface area contributed by atoms with Gasteiger partial charge in [0.2, 0.25) is 0 Å². The predicted molar refractivity (Wildman–Crippen MR) is 290 cm³/mol. The molecule has 0 saturated carbocycles. The van der Waals surface area contributed by atoms with Crippen molar-refractivity contribution in [1.29, 1.82) is 0 Å². The molecule has 4 heteroatoms. The van der Waals surface area contributed by atoms with Crippen molar-refractivity contribution in [3.05, 3.63) is 242 Å².